The molecule has 0 aromatic heterocycles. The number of hydrogen-bond acceptors (Lipinski definition) is 2. The van der Waals surface area contributed by atoms with Gasteiger partial charge in [-0.25, -0.2) is 4.99 Å². The third-order valence-corrected chi connectivity index (χ3v) is 11.1. The van der Waals surface area contributed by atoms with Gasteiger partial charge in [0.1, 0.15) is 13.9 Å². The topological polar surface area (TPSA) is 40.0 Å². The zero-order valence-electron chi connectivity index (χ0n) is 23.0. The molecule has 1 aliphatic heterocycles. The van der Waals surface area contributed by atoms with Crippen molar-refractivity contribution in [2.45, 2.75) is 13.1 Å². The molecule has 196 valence electrons. The number of amidine groups is 2. The number of benzene rings is 5. The lowest BCUT2D eigenvalue weighted by atomic mass is 10.1. The van der Waals surface area contributed by atoms with E-state index in [1.165, 1.54) is 21.7 Å². The smallest absolute Gasteiger partial charge is 0.156 e. The molecule has 0 bridgehead atoms. The summed E-state index contributed by atoms with van der Waals surface area (Å²) < 4.78 is 0. The van der Waals surface area contributed by atoms with Gasteiger partial charge in [-0.3, -0.25) is 4.99 Å². The van der Waals surface area contributed by atoms with E-state index in [9.17, 15) is 0 Å². The predicted octanol–water partition coefficient (Wildman–Crippen LogP) is 7.23. The molecule has 0 atom stereocenters. The molecule has 0 aliphatic carbocycles. The second-order valence-corrected chi connectivity index (χ2v) is 14.7. The minimum Gasteiger partial charge on any atom is -0.340 e. The van der Waals surface area contributed by atoms with E-state index in [1.807, 2.05) is 48.5 Å². The van der Waals surface area contributed by atoms with Crippen molar-refractivity contribution >= 4 is 52.9 Å². The lowest BCUT2D eigenvalue weighted by molar-refractivity contribution is 1.28. The molecule has 1 N–H and O–H groups in total. The van der Waals surface area contributed by atoms with E-state index in [4.69, 9.17) is 4.99 Å². The average Bonchev–Trinajstić information content (AvgIpc) is 3.01. The van der Waals surface area contributed by atoms with Crippen LogP contribution >= 0.6 is 0 Å². The highest BCUT2D eigenvalue weighted by molar-refractivity contribution is 7.02. The number of anilines is 4. The Morgan fingerprint density at radius 2 is 1.12 bits per heavy atom. The van der Waals surface area contributed by atoms with E-state index in [2.05, 4.69) is 113 Å². The molecule has 0 saturated carbocycles. The summed E-state index contributed by atoms with van der Waals surface area (Å²) in [5.74, 6) is 1.42. The number of rotatable bonds is 4. The van der Waals surface area contributed by atoms with E-state index < -0.39 is 8.07 Å². The lowest BCUT2D eigenvalue weighted by Gasteiger charge is -2.41. The molecule has 0 fully saturated rings. The Balaban J connectivity index is 1.38. The van der Waals surface area contributed by atoms with E-state index in [-0.39, 0.29) is 0 Å². The first-order chi connectivity index (χ1) is 19.6. The fourth-order valence-corrected chi connectivity index (χ4v) is 8.46. The van der Waals surface area contributed by atoms with E-state index in [0.29, 0.717) is 5.84 Å². The third-order valence-electron chi connectivity index (χ3n) is 7.53. The van der Waals surface area contributed by atoms with Gasteiger partial charge in [0, 0.05) is 40.9 Å². The average molecular weight is 537 g/mol. The van der Waals surface area contributed by atoms with Gasteiger partial charge in [0.2, 0.25) is 0 Å². The Morgan fingerprint density at radius 1 is 0.600 bits per heavy atom. The molecule has 6 rings (SSSR count). The normalized spacial score (nSPS) is 14.3. The van der Waals surface area contributed by atoms with Crippen molar-refractivity contribution < 1.29 is 0 Å². The summed E-state index contributed by atoms with van der Waals surface area (Å²) in [4.78, 5) is 12.0. The largest absolute Gasteiger partial charge is 0.340 e. The molecule has 40 heavy (non-hydrogen) atoms. The highest BCUT2D eigenvalue weighted by Crippen LogP contribution is 2.38. The highest BCUT2D eigenvalue weighted by Gasteiger charge is 2.38. The van der Waals surface area contributed by atoms with Crippen molar-refractivity contribution in [3.8, 4) is 0 Å². The van der Waals surface area contributed by atoms with Crippen LogP contribution in [0.25, 0.3) is 0 Å². The van der Waals surface area contributed by atoms with Gasteiger partial charge in [-0.05, 0) is 58.9 Å². The van der Waals surface area contributed by atoms with Gasteiger partial charge in [-0.15, -0.1) is 0 Å². The SMILES string of the molecule is C/N=C(\N=C(/Nc1ccccc1)c1ccccc1)c1ccc(N2c3ccccc3[Si](C)(C)c3ccccc32)cc1. The molecule has 5 aromatic carbocycles. The van der Waals surface area contributed by atoms with Crippen LogP contribution in [-0.4, -0.2) is 26.8 Å². The Labute approximate surface area is 237 Å². The molecule has 1 heterocycles. The number of hydrogen-bond donors (Lipinski definition) is 1. The summed E-state index contributed by atoms with van der Waals surface area (Å²) in [6, 6.07) is 46.6. The van der Waals surface area contributed by atoms with Crippen molar-refractivity contribution in [1.82, 2.24) is 0 Å². The fraction of sp³-hybridized carbons (Fsp3) is 0.0857. The number of nitrogens with zero attached hydrogens (tertiary/aromatic N) is 3. The van der Waals surface area contributed by atoms with Crippen LogP contribution in [0.3, 0.4) is 0 Å². The molecule has 4 nitrogen and oxygen atoms in total. The molecule has 0 unspecified atom stereocenters. The first-order valence-electron chi connectivity index (χ1n) is 13.6. The van der Waals surface area contributed by atoms with Crippen molar-refractivity contribution in [2.75, 3.05) is 17.3 Å². The highest BCUT2D eigenvalue weighted by atomic mass is 28.3. The van der Waals surface area contributed by atoms with Gasteiger partial charge in [-0.1, -0.05) is 98.0 Å². The van der Waals surface area contributed by atoms with E-state index in [0.717, 1.165) is 28.3 Å². The van der Waals surface area contributed by atoms with Crippen LogP contribution < -0.4 is 20.6 Å². The predicted molar refractivity (Wildman–Crippen MR) is 173 cm³/mol. The Hall–Kier alpha value is -4.74. The van der Waals surface area contributed by atoms with Crippen LogP contribution in [-0.2, 0) is 0 Å². The maximum Gasteiger partial charge on any atom is 0.156 e. The van der Waals surface area contributed by atoms with Gasteiger partial charge >= 0.3 is 0 Å². The van der Waals surface area contributed by atoms with Crippen molar-refractivity contribution in [2.24, 2.45) is 9.98 Å². The van der Waals surface area contributed by atoms with E-state index >= 15 is 0 Å². The molecule has 5 heteroatoms. The van der Waals surface area contributed by atoms with Gasteiger partial charge in [-0.2, -0.15) is 0 Å². The molecular weight excluding hydrogens is 504 g/mol. The van der Waals surface area contributed by atoms with Crippen LogP contribution in [0.2, 0.25) is 13.1 Å². The van der Waals surface area contributed by atoms with Crippen LogP contribution in [0.15, 0.2) is 143 Å². The fourth-order valence-electron chi connectivity index (χ4n) is 5.48. The summed E-state index contributed by atoms with van der Waals surface area (Å²) >= 11 is 0. The number of aliphatic imine (C=N–C) groups is 2. The van der Waals surface area contributed by atoms with Crippen molar-refractivity contribution in [1.29, 1.82) is 0 Å². The standard InChI is InChI=1S/C35H32N4Si/c1-36-34(38-35(26-14-6-4-7-15-26)37-28-16-8-5-9-17-28)27-22-24-29(25-23-27)39-30-18-10-12-20-32(30)40(2,3)33-21-13-11-19-31(33)39/h4-25H,1-3H3,(H,36,37,38). The molecular formula is C35H32N4Si. The number of fused-ring (bicyclic) bond motifs is 2. The van der Waals surface area contributed by atoms with Crippen molar-refractivity contribution in [3.05, 3.63) is 145 Å². The third kappa shape index (κ3) is 4.76. The number of nitrogens with one attached hydrogen (secondary N) is 1. The Kier molecular flexibility index (Phi) is 6.89. The van der Waals surface area contributed by atoms with Crippen molar-refractivity contribution in [3.63, 3.8) is 0 Å². The quantitative estimate of drug-likeness (QED) is 0.150. The van der Waals surface area contributed by atoms with Crippen LogP contribution in [0.1, 0.15) is 11.1 Å². The summed E-state index contributed by atoms with van der Waals surface area (Å²) in [6.07, 6.45) is 0. The second-order valence-electron chi connectivity index (χ2n) is 10.4. The zero-order chi connectivity index (χ0) is 27.5. The summed E-state index contributed by atoms with van der Waals surface area (Å²) in [7, 11) is -0.0162. The zero-order valence-corrected chi connectivity index (χ0v) is 24.0. The lowest BCUT2D eigenvalue weighted by Crippen LogP contribution is -2.58. The first kappa shape index (κ1) is 25.5. The minimum absolute atomic E-state index is 0.668. The molecule has 1 aliphatic rings. The molecule has 0 amide bonds. The molecule has 0 radical (unpaired) electrons. The first-order valence-corrected chi connectivity index (χ1v) is 16.6. The summed E-state index contributed by atoms with van der Waals surface area (Å²) in [5.41, 5.74) is 6.60. The molecule has 0 spiro atoms. The van der Waals surface area contributed by atoms with Gasteiger partial charge in [0.05, 0.1) is 0 Å². The maximum atomic E-state index is 5.01. The summed E-state index contributed by atoms with van der Waals surface area (Å²) in [5, 5.41) is 6.40. The van der Waals surface area contributed by atoms with Gasteiger partial charge in [0.25, 0.3) is 0 Å². The monoisotopic (exact) mass is 536 g/mol. The molecule has 0 saturated heterocycles. The number of para-hydroxylation sites is 3. The van der Waals surface area contributed by atoms with Crippen LogP contribution in [0.4, 0.5) is 22.7 Å². The molecule has 5 aromatic rings. The second kappa shape index (κ2) is 10.8. The van der Waals surface area contributed by atoms with E-state index in [1.54, 1.807) is 7.05 Å². The maximum absolute atomic E-state index is 5.01. The minimum atomic E-state index is -1.81. The van der Waals surface area contributed by atoms with Crippen LogP contribution in [0.5, 0.6) is 0 Å². The Morgan fingerprint density at radius 3 is 1.70 bits per heavy atom. The van der Waals surface area contributed by atoms with Crippen LogP contribution in [0, 0.1) is 0 Å². The van der Waals surface area contributed by atoms with Gasteiger partial charge < -0.3 is 10.2 Å². The summed E-state index contributed by atoms with van der Waals surface area (Å²) in [6.45, 7) is 4.89. The van der Waals surface area contributed by atoms with Gasteiger partial charge in [0.15, 0.2) is 5.84 Å². The Bertz CT molecular complexity index is 1640.